The number of rotatable bonds is 4. The Hall–Kier alpha value is -0.870. The Bertz CT molecular complexity index is 480. The van der Waals surface area contributed by atoms with E-state index in [1.807, 2.05) is 19.1 Å². The van der Waals surface area contributed by atoms with Gasteiger partial charge in [-0.3, -0.25) is 0 Å². The van der Waals surface area contributed by atoms with Gasteiger partial charge < -0.3 is 5.73 Å². The Morgan fingerprint density at radius 1 is 1.17 bits per heavy atom. The van der Waals surface area contributed by atoms with E-state index in [2.05, 4.69) is 20.8 Å². The van der Waals surface area contributed by atoms with Crippen LogP contribution in [0.2, 0.25) is 0 Å². The van der Waals surface area contributed by atoms with Crippen LogP contribution >= 0.6 is 0 Å². The second kappa shape index (κ2) is 5.41. The molecule has 1 aromatic carbocycles. The van der Waals surface area contributed by atoms with E-state index in [0.717, 1.165) is 5.56 Å². The van der Waals surface area contributed by atoms with E-state index in [4.69, 9.17) is 5.73 Å². The van der Waals surface area contributed by atoms with Crippen LogP contribution in [-0.2, 0) is 15.3 Å². The molecule has 0 spiro atoms. The van der Waals surface area contributed by atoms with E-state index in [9.17, 15) is 8.42 Å². The number of hydrogen-bond acceptors (Lipinski definition) is 3. The zero-order valence-corrected chi connectivity index (χ0v) is 12.4. The number of benzene rings is 1. The fourth-order valence-corrected chi connectivity index (χ4v) is 3.44. The second-order valence-corrected chi connectivity index (χ2v) is 7.81. The summed E-state index contributed by atoms with van der Waals surface area (Å²) in [5.74, 6) is 0. The summed E-state index contributed by atoms with van der Waals surface area (Å²) in [6, 6.07) is 7.15. The highest BCUT2D eigenvalue weighted by molar-refractivity contribution is 7.92. The molecule has 102 valence electrons. The zero-order chi connectivity index (χ0) is 14.0. The van der Waals surface area contributed by atoms with Crippen molar-refractivity contribution in [2.45, 2.75) is 49.7 Å². The van der Waals surface area contributed by atoms with Crippen LogP contribution in [0, 0.1) is 0 Å². The molecule has 0 saturated heterocycles. The van der Waals surface area contributed by atoms with Crippen molar-refractivity contribution in [1.29, 1.82) is 0 Å². The van der Waals surface area contributed by atoms with Crippen LogP contribution in [0.3, 0.4) is 0 Å². The van der Waals surface area contributed by atoms with Crippen molar-refractivity contribution in [3.8, 4) is 0 Å². The van der Waals surface area contributed by atoms with Crippen LogP contribution < -0.4 is 5.73 Å². The van der Waals surface area contributed by atoms with Gasteiger partial charge in [0.2, 0.25) is 0 Å². The molecule has 1 aromatic rings. The van der Waals surface area contributed by atoms with Crippen LogP contribution in [-0.4, -0.2) is 20.2 Å². The molecule has 0 radical (unpaired) electrons. The molecule has 0 aliphatic heterocycles. The first-order chi connectivity index (χ1) is 8.23. The van der Waals surface area contributed by atoms with Crippen LogP contribution in [0.5, 0.6) is 0 Å². The monoisotopic (exact) mass is 269 g/mol. The molecule has 1 atom stereocenters. The average molecular weight is 269 g/mol. The predicted molar refractivity (Wildman–Crippen MR) is 75.5 cm³/mol. The normalized spacial score (nSPS) is 14.5. The molecule has 0 amide bonds. The molecule has 4 heteroatoms. The molecule has 0 saturated carbocycles. The van der Waals surface area contributed by atoms with Gasteiger partial charge in [0.05, 0.1) is 10.1 Å². The highest BCUT2D eigenvalue weighted by Gasteiger charge is 2.25. The van der Waals surface area contributed by atoms with Gasteiger partial charge in [0.1, 0.15) is 0 Å². The van der Waals surface area contributed by atoms with Crippen molar-refractivity contribution < 1.29 is 8.42 Å². The van der Waals surface area contributed by atoms with Gasteiger partial charge in [0, 0.05) is 6.54 Å². The van der Waals surface area contributed by atoms with Crippen LogP contribution in [0.4, 0.5) is 0 Å². The third kappa shape index (κ3) is 3.12. The minimum Gasteiger partial charge on any atom is -0.329 e. The first-order valence-electron chi connectivity index (χ1n) is 6.28. The summed E-state index contributed by atoms with van der Waals surface area (Å²) in [6.07, 6.45) is 0.542. The van der Waals surface area contributed by atoms with E-state index < -0.39 is 15.1 Å². The Labute approximate surface area is 110 Å². The lowest BCUT2D eigenvalue weighted by molar-refractivity contribution is 0.574. The molecule has 0 aliphatic carbocycles. The summed E-state index contributed by atoms with van der Waals surface area (Å²) in [7, 11) is -3.29. The molecule has 1 unspecified atom stereocenters. The Morgan fingerprint density at radius 2 is 1.67 bits per heavy atom. The lowest BCUT2D eigenvalue weighted by atomic mass is 9.87. The second-order valence-electron chi connectivity index (χ2n) is 5.59. The molecular weight excluding hydrogens is 246 g/mol. The summed E-state index contributed by atoms with van der Waals surface area (Å²) in [4.78, 5) is 0.368. The first-order valence-corrected chi connectivity index (χ1v) is 7.82. The fraction of sp³-hybridized carbons (Fsp3) is 0.571. The van der Waals surface area contributed by atoms with E-state index in [1.165, 1.54) is 0 Å². The van der Waals surface area contributed by atoms with Gasteiger partial charge in [-0.25, -0.2) is 8.42 Å². The van der Waals surface area contributed by atoms with Crippen LogP contribution in [0.25, 0.3) is 0 Å². The summed E-state index contributed by atoms with van der Waals surface area (Å²) in [5.41, 5.74) is 6.68. The Balaban J connectivity index is 3.13. The van der Waals surface area contributed by atoms with Crippen molar-refractivity contribution in [2.75, 3.05) is 6.54 Å². The quantitative estimate of drug-likeness (QED) is 0.913. The van der Waals surface area contributed by atoms with Gasteiger partial charge >= 0.3 is 0 Å². The molecule has 0 aromatic heterocycles. The summed E-state index contributed by atoms with van der Waals surface area (Å²) < 4.78 is 24.6. The third-order valence-corrected chi connectivity index (χ3v) is 5.54. The van der Waals surface area contributed by atoms with E-state index in [1.54, 1.807) is 12.1 Å². The average Bonchev–Trinajstić information content (AvgIpc) is 2.29. The maximum absolute atomic E-state index is 12.3. The lowest BCUT2D eigenvalue weighted by Gasteiger charge is -2.20. The van der Waals surface area contributed by atoms with Gasteiger partial charge in [-0.2, -0.15) is 0 Å². The first kappa shape index (κ1) is 15.2. The lowest BCUT2D eigenvalue weighted by Crippen LogP contribution is -2.29. The molecule has 3 nitrogen and oxygen atoms in total. The number of nitrogens with two attached hydrogens (primary N) is 1. The Kier molecular flexibility index (Phi) is 4.56. The Morgan fingerprint density at radius 3 is 2.00 bits per heavy atom. The maximum Gasteiger partial charge on any atom is 0.182 e. The highest BCUT2D eigenvalue weighted by atomic mass is 32.2. The molecule has 0 fully saturated rings. The van der Waals surface area contributed by atoms with Crippen molar-refractivity contribution in [2.24, 2.45) is 5.73 Å². The summed E-state index contributed by atoms with van der Waals surface area (Å²) in [6.45, 7) is 8.32. The van der Waals surface area contributed by atoms with E-state index >= 15 is 0 Å². The standard InChI is InChI=1S/C14H23NO2S/c1-5-12(10-15)18(16,17)13-8-6-11(7-9-13)14(2,3)4/h6-9,12H,5,10,15H2,1-4H3. The summed E-state index contributed by atoms with van der Waals surface area (Å²) >= 11 is 0. The number of sulfone groups is 1. The molecule has 1 rings (SSSR count). The minimum atomic E-state index is -3.29. The smallest absolute Gasteiger partial charge is 0.182 e. The van der Waals surface area contributed by atoms with Gasteiger partial charge in [-0.05, 0) is 29.5 Å². The number of hydrogen-bond donors (Lipinski definition) is 1. The van der Waals surface area contributed by atoms with Crippen molar-refractivity contribution in [3.05, 3.63) is 29.8 Å². The van der Waals surface area contributed by atoms with Gasteiger partial charge in [0.15, 0.2) is 9.84 Å². The minimum absolute atomic E-state index is 0.0281. The van der Waals surface area contributed by atoms with Crippen molar-refractivity contribution in [1.82, 2.24) is 0 Å². The molecule has 2 N–H and O–H groups in total. The zero-order valence-electron chi connectivity index (χ0n) is 11.6. The van der Waals surface area contributed by atoms with Crippen LogP contribution in [0.1, 0.15) is 39.7 Å². The van der Waals surface area contributed by atoms with Gasteiger partial charge in [-0.15, -0.1) is 0 Å². The molecular formula is C14H23NO2S. The van der Waals surface area contributed by atoms with Crippen LogP contribution in [0.15, 0.2) is 29.2 Å². The fourth-order valence-electron chi connectivity index (χ4n) is 1.85. The molecule has 0 bridgehead atoms. The van der Waals surface area contributed by atoms with Gasteiger partial charge in [0.25, 0.3) is 0 Å². The molecule has 0 heterocycles. The van der Waals surface area contributed by atoms with Crippen molar-refractivity contribution in [3.63, 3.8) is 0 Å². The van der Waals surface area contributed by atoms with E-state index in [-0.39, 0.29) is 12.0 Å². The van der Waals surface area contributed by atoms with Crippen molar-refractivity contribution >= 4 is 9.84 Å². The third-order valence-electron chi connectivity index (χ3n) is 3.21. The maximum atomic E-state index is 12.3. The molecule has 0 aliphatic rings. The van der Waals surface area contributed by atoms with Gasteiger partial charge in [-0.1, -0.05) is 39.8 Å². The predicted octanol–water partition coefficient (Wildman–Crippen LogP) is 2.50. The summed E-state index contributed by atoms with van der Waals surface area (Å²) in [5, 5.41) is -0.488. The molecule has 18 heavy (non-hydrogen) atoms. The SMILES string of the molecule is CCC(CN)S(=O)(=O)c1ccc(C(C)(C)C)cc1. The highest BCUT2D eigenvalue weighted by Crippen LogP contribution is 2.25. The largest absolute Gasteiger partial charge is 0.329 e. The topological polar surface area (TPSA) is 60.2 Å². The van der Waals surface area contributed by atoms with E-state index in [0.29, 0.717) is 11.3 Å².